The summed E-state index contributed by atoms with van der Waals surface area (Å²) >= 11 is 0. The summed E-state index contributed by atoms with van der Waals surface area (Å²) in [7, 11) is 0. The first-order valence-corrected chi connectivity index (χ1v) is 9.55. The lowest BCUT2D eigenvalue weighted by Gasteiger charge is -2.33. The van der Waals surface area contributed by atoms with E-state index >= 15 is 0 Å². The minimum Gasteiger partial charge on any atom is -0.466 e. The molecular weight excluding hydrogens is 359 g/mol. The Balaban J connectivity index is 2.25. The van der Waals surface area contributed by atoms with Crippen molar-refractivity contribution in [1.82, 2.24) is 4.90 Å². The van der Waals surface area contributed by atoms with Gasteiger partial charge in [-0.25, -0.2) is 13.2 Å². The van der Waals surface area contributed by atoms with Crippen molar-refractivity contribution in [3.05, 3.63) is 35.1 Å². The molecule has 27 heavy (non-hydrogen) atoms. The lowest BCUT2D eigenvalue weighted by Crippen LogP contribution is -2.42. The van der Waals surface area contributed by atoms with Crippen molar-refractivity contribution in [2.75, 3.05) is 13.2 Å². The minimum atomic E-state index is -1.66. The van der Waals surface area contributed by atoms with Gasteiger partial charge in [0.1, 0.15) is 0 Å². The molecule has 0 atom stereocenters. The third kappa shape index (κ3) is 5.71. The van der Waals surface area contributed by atoms with E-state index in [4.69, 9.17) is 4.74 Å². The van der Waals surface area contributed by atoms with Crippen LogP contribution in [-0.4, -0.2) is 36.0 Å². The average Bonchev–Trinajstić information content (AvgIpc) is 2.61. The first-order chi connectivity index (χ1) is 13.0. The Morgan fingerprint density at radius 2 is 1.67 bits per heavy atom. The smallest absolute Gasteiger partial charge is 0.307 e. The Kier molecular flexibility index (Phi) is 8.13. The van der Waals surface area contributed by atoms with Gasteiger partial charge in [-0.3, -0.25) is 9.59 Å². The van der Waals surface area contributed by atoms with Crippen LogP contribution in [-0.2, 0) is 9.53 Å². The van der Waals surface area contributed by atoms with Gasteiger partial charge in [-0.05, 0) is 31.9 Å². The number of halogens is 3. The van der Waals surface area contributed by atoms with Crippen molar-refractivity contribution < 1.29 is 27.5 Å². The third-order valence-corrected chi connectivity index (χ3v) is 4.90. The second-order valence-electron chi connectivity index (χ2n) is 6.78. The lowest BCUT2D eigenvalue weighted by atomic mass is 9.95. The summed E-state index contributed by atoms with van der Waals surface area (Å²) in [6.45, 7) is 1.97. The van der Waals surface area contributed by atoms with E-state index in [0.717, 1.165) is 57.1 Å². The zero-order valence-corrected chi connectivity index (χ0v) is 15.6. The molecule has 0 spiro atoms. The lowest BCUT2D eigenvalue weighted by molar-refractivity contribution is -0.143. The summed E-state index contributed by atoms with van der Waals surface area (Å²) in [5.74, 6) is -5.67. The standard InChI is InChI=1S/C20H26F3NO3/c1-2-27-17(25)12-13-24(14-8-6-4-3-5-7-9-14)20(26)15-10-11-16(21)19(23)18(15)22/h10-11,14H,2-9,12-13H2,1H3. The van der Waals surface area contributed by atoms with Gasteiger partial charge in [0.25, 0.3) is 5.91 Å². The quantitative estimate of drug-likeness (QED) is 0.531. The van der Waals surface area contributed by atoms with Crippen molar-refractivity contribution in [3.8, 4) is 0 Å². The fraction of sp³-hybridized carbons (Fsp3) is 0.600. The molecular formula is C20H26F3NO3. The van der Waals surface area contributed by atoms with Gasteiger partial charge in [0.15, 0.2) is 17.5 Å². The second kappa shape index (κ2) is 10.3. The summed E-state index contributed by atoms with van der Waals surface area (Å²) < 4.78 is 45.9. The number of hydrogen-bond acceptors (Lipinski definition) is 3. The third-order valence-electron chi connectivity index (χ3n) is 4.90. The van der Waals surface area contributed by atoms with Crippen LogP contribution in [0.1, 0.15) is 68.6 Å². The minimum absolute atomic E-state index is 0.0264. The van der Waals surface area contributed by atoms with Gasteiger partial charge in [-0.1, -0.05) is 32.1 Å². The van der Waals surface area contributed by atoms with E-state index < -0.39 is 34.9 Å². The average molecular weight is 385 g/mol. The van der Waals surface area contributed by atoms with Crippen LogP contribution in [0.15, 0.2) is 12.1 Å². The Morgan fingerprint density at radius 3 is 2.30 bits per heavy atom. The Morgan fingerprint density at radius 1 is 1.04 bits per heavy atom. The number of ether oxygens (including phenoxy) is 1. The molecule has 4 nitrogen and oxygen atoms in total. The van der Waals surface area contributed by atoms with E-state index in [2.05, 4.69) is 0 Å². The summed E-state index contributed by atoms with van der Waals surface area (Å²) in [4.78, 5) is 26.1. The molecule has 0 saturated heterocycles. The van der Waals surface area contributed by atoms with Gasteiger partial charge in [0.05, 0.1) is 18.6 Å². The summed E-state index contributed by atoms with van der Waals surface area (Å²) in [6, 6.07) is 1.53. The highest BCUT2D eigenvalue weighted by Gasteiger charge is 2.29. The first-order valence-electron chi connectivity index (χ1n) is 9.55. The molecule has 1 saturated carbocycles. The predicted molar refractivity (Wildman–Crippen MR) is 94.7 cm³/mol. The largest absolute Gasteiger partial charge is 0.466 e. The molecule has 150 valence electrons. The van der Waals surface area contributed by atoms with Crippen molar-refractivity contribution >= 4 is 11.9 Å². The van der Waals surface area contributed by atoms with Crippen LogP contribution in [0.25, 0.3) is 0 Å². The van der Waals surface area contributed by atoms with Crippen LogP contribution in [0, 0.1) is 17.5 Å². The number of benzene rings is 1. The molecule has 1 aromatic rings. The van der Waals surface area contributed by atoms with Gasteiger partial charge in [-0.2, -0.15) is 0 Å². The van der Waals surface area contributed by atoms with Crippen molar-refractivity contribution in [3.63, 3.8) is 0 Å². The maximum atomic E-state index is 14.2. The van der Waals surface area contributed by atoms with Crippen LogP contribution in [0.4, 0.5) is 13.2 Å². The molecule has 7 heteroatoms. The number of carbonyl (C=O) groups excluding carboxylic acids is 2. The molecule has 0 N–H and O–H groups in total. The molecule has 1 amide bonds. The normalized spacial score (nSPS) is 15.7. The van der Waals surface area contributed by atoms with Crippen LogP contribution in [0.3, 0.4) is 0 Å². The van der Waals surface area contributed by atoms with Gasteiger partial charge in [0, 0.05) is 12.6 Å². The highest BCUT2D eigenvalue weighted by molar-refractivity contribution is 5.95. The van der Waals surface area contributed by atoms with E-state index in [1.165, 1.54) is 4.90 Å². The van der Waals surface area contributed by atoms with Gasteiger partial charge in [0.2, 0.25) is 0 Å². The van der Waals surface area contributed by atoms with E-state index in [1.807, 2.05) is 0 Å². The van der Waals surface area contributed by atoms with Crippen LogP contribution >= 0.6 is 0 Å². The molecule has 0 radical (unpaired) electrons. The molecule has 0 aromatic heterocycles. The molecule has 1 aromatic carbocycles. The maximum absolute atomic E-state index is 14.2. The van der Waals surface area contributed by atoms with Gasteiger partial charge in [-0.15, -0.1) is 0 Å². The van der Waals surface area contributed by atoms with Crippen molar-refractivity contribution in [2.24, 2.45) is 0 Å². The van der Waals surface area contributed by atoms with Gasteiger partial charge < -0.3 is 9.64 Å². The molecule has 1 aliphatic carbocycles. The fourth-order valence-electron chi connectivity index (χ4n) is 3.49. The van der Waals surface area contributed by atoms with E-state index in [1.54, 1.807) is 6.92 Å². The van der Waals surface area contributed by atoms with Gasteiger partial charge >= 0.3 is 5.97 Å². The van der Waals surface area contributed by atoms with Crippen LogP contribution < -0.4 is 0 Å². The molecule has 2 rings (SSSR count). The Bertz CT molecular complexity index is 658. The van der Waals surface area contributed by atoms with Crippen LogP contribution in [0.5, 0.6) is 0 Å². The number of esters is 1. The fourth-order valence-corrected chi connectivity index (χ4v) is 3.49. The zero-order chi connectivity index (χ0) is 19.8. The summed E-state index contributed by atoms with van der Waals surface area (Å²) in [5, 5.41) is 0. The number of carbonyl (C=O) groups is 2. The molecule has 1 aliphatic rings. The molecule has 0 heterocycles. The maximum Gasteiger partial charge on any atom is 0.307 e. The molecule has 0 bridgehead atoms. The Labute approximate surface area is 157 Å². The zero-order valence-electron chi connectivity index (χ0n) is 15.6. The van der Waals surface area contributed by atoms with E-state index in [9.17, 15) is 22.8 Å². The van der Waals surface area contributed by atoms with E-state index in [-0.39, 0.29) is 25.6 Å². The number of rotatable bonds is 6. The Hall–Kier alpha value is -2.05. The topological polar surface area (TPSA) is 46.6 Å². The highest BCUT2D eigenvalue weighted by Crippen LogP contribution is 2.25. The first kappa shape index (κ1) is 21.3. The monoisotopic (exact) mass is 385 g/mol. The molecule has 0 unspecified atom stereocenters. The molecule has 0 aliphatic heterocycles. The number of hydrogen-bond donors (Lipinski definition) is 0. The number of nitrogens with zero attached hydrogens (tertiary/aromatic N) is 1. The predicted octanol–water partition coefficient (Wildman–Crippen LogP) is 4.61. The van der Waals surface area contributed by atoms with Crippen molar-refractivity contribution in [1.29, 1.82) is 0 Å². The summed E-state index contributed by atoms with van der Waals surface area (Å²) in [5.41, 5.74) is -0.514. The number of amides is 1. The molecule has 1 fully saturated rings. The SMILES string of the molecule is CCOC(=O)CCN(C(=O)c1ccc(F)c(F)c1F)C1CCCCCCC1. The second-order valence-corrected chi connectivity index (χ2v) is 6.78. The van der Waals surface area contributed by atoms with Crippen LogP contribution in [0.2, 0.25) is 0 Å². The highest BCUT2D eigenvalue weighted by atomic mass is 19.2. The van der Waals surface area contributed by atoms with Crippen molar-refractivity contribution in [2.45, 2.75) is 64.3 Å². The summed E-state index contributed by atoms with van der Waals surface area (Å²) in [6.07, 6.45) is 6.54. The van der Waals surface area contributed by atoms with E-state index in [0.29, 0.717) is 0 Å².